The van der Waals surface area contributed by atoms with Crippen LogP contribution in [0.1, 0.15) is 0 Å². The van der Waals surface area contributed by atoms with E-state index in [1.54, 1.807) is 12.1 Å². The molecule has 15 heavy (non-hydrogen) atoms. The van der Waals surface area contributed by atoms with Crippen LogP contribution >= 0.6 is 17.0 Å². The van der Waals surface area contributed by atoms with Gasteiger partial charge in [-0.2, -0.15) is 7.39 Å². The van der Waals surface area contributed by atoms with Gasteiger partial charge in [-0.1, -0.05) is 48.5 Å². The summed E-state index contributed by atoms with van der Waals surface area (Å²) in [6, 6.07) is 17.2. The third kappa shape index (κ3) is 3.93. The van der Waals surface area contributed by atoms with Gasteiger partial charge in [0.2, 0.25) is 0 Å². The number of rotatable bonds is 2. The molecule has 0 nitrogen and oxygen atoms in total. The molecule has 0 aliphatic rings. The predicted molar refractivity (Wildman–Crippen MR) is 68.2 cm³/mol. The molecule has 3 heteroatoms. The Bertz CT molecular complexity index is 417. The fourth-order valence-corrected chi connectivity index (χ4v) is 3.01. The second-order valence-electron chi connectivity index (χ2n) is 3.29. The molecular weight excluding hydrogens is 267 g/mol. The SMILES string of the molecule is Br.Fc1ccc[c]([Mg][c]2ccccc2)c1. The van der Waals surface area contributed by atoms with Gasteiger partial charge in [-0.05, 0) is 6.07 Å². The van der Waals surface area contributed by atoms with Gasteiger partial charge in [-0.15, -0.1) is 17.0 Å². The number of benzene rings is 2. The smallest absolute Gasteiger partial charge is 0.207 e. The molecular formula is C12H10BrFMg. The second-order valence-corrected chi connectivity index (χ2v) is 5.28. The Morgan fingerprint density at radius 3 is 2.13 bits per heavy atom. The van der Waals surface area contributed by atoms with Crippen LogP contribution in [0.3, 0.4) is 0 Å². The highest BCUT2D eigenvalue weighted by Crippen LogP contribution is 1.92. The Morgan fingerprint density at radius 2 is 1.47 bits per heavy atom. The Kier molecular flexibility index (Phi) is 5.29. The lowest BCUT2D eigenvalue weighted by molar-refractivity contribution is 0.629. The molecule has 0 aromatic heterocycles. The van der Waals surface area contributed by atoms with Gasteiger partial charge >= 0.3 is 20.4 Å². The zero-order valence-corrected chi connectivity index (χ0v) is 11.3. The molecule has 0 radical (unpaired) electrons. The van der Waals surface area contributed by atoms with E-state index in [0.29, 0.717) is 0 Å². The molecule has 0 N–H and O–H groups in total. The van der Waals surface area contributed by atoms with Gasteiger partial charge < -0.3 is 0 Å². The summed E-state index contributed by atoms with van der Waals surface area (Å²) in [6.45, 7) is 0. The topological polar surface area (TPSA) is 0 Å². The van der Waals surface area contributed by atoms with Crippen LogP contribution in [0.5, 0.6) is 0 Å². The van der Waals surface area contributed by atoms with E-state index >= 15 is 0 Å². The summed E-state index contributed by atoms with van der Waals surface area (Å²) >= 11 is -0.496. The standard InChI is InChI=1S/C6H4F.C6H5.BrH.Mg/c7-6-4-2-1-3-5-6;1-2-4-6-5-3-1;;/h1-2,4-5H;1-5H;1H;. The lowest BCUT2D eigenvalue weighted by Crippen LogP contribution is -2.26. The molecule has 2 aromatic carbocycles. The third-order valence-electron chi connectivity index (χ3n) is 2.14. The zero-order valence-electron chi connectivity index (χ0n) is 8.19. The van der Waals surface area contributed by atoms with E-state index in [-0.39, 0.29) is 22.8 Å². The highest BCUT2D eigenvalue weighted by molar-refractivity contribution is 8.93. The molecule has 0 amide bonds. The van der Waals surface area contributed by atoms with Crippen LogP contribution < -0.4 is 7.39 Å². The minimum absolute atomic E-state index is 0. The van der Waals surface area contributed by atoms with Crippen LogP contribution in [-0.4, -0.2) is 20.4 Å². The monoisotopic (exact) mass is 276 g/mol. The summed E-state index contributed by atoms with van der Waals surface area (Å²) in [7, 11) is 0. The van der Waals surface area contributed by atoms with Gasteiger partial charge in [0.15, 0.2) is 0 Å². The average molecular weight is 277 g/mol. The van der Waals surface area contributed by atoms with Crippen LogP contribution in [0.25, 0.3) is 0 Å². The molecule has 0 fully saturated rings. The number of halogens is 2. The van der Waals surface area contributed by atoms with Gasteiger partial charge in [0.05, 0.1) is 0 Å². The van der Waals surface area contributed by atoms with Crippen LogP contribution in [0, 0.1) is 5.82 Å². The summed E-state index contributed by atoms with van der Waals surface area (Å²) in [6.07, 6.45) is 0. The third-order valence-corrected chi connectivity index (χ3v) is 3.87. The first-order chi connectivity index (χ1) is 6.84. The second kappa shape index (κ2) is 6.25. The molecule has 0 saturated heterocycles. The van der Waals surface area contributed by atoms with Gasteiger partial charge in [-0.25, -0.2) is 4.39 Å². The van der Waals surface area contributed by atoms with Crippen molar-refractivity contribution in [2.45, 2.75) is 0 Å². The van der Waals surface area contributed by atoms with E-state index in [0.717, 1.165) is 3.69 Å². The van der Waals surface area contributed by atoms with Crippen molar-refractivity contribution in [3.63, 3.8) is 0 Å². The summed E-state index contributed by atoms with van der Waals surface area (Å²) in [5, 5.41) is 0. The van der Waals surface area contributed by atoms with E-state index in [1.807, 2.05) is 24.3 Å². The molecule has 0 bridgehead atoms. The van der Waals surface area contributed by atoms with E-state index in [2.05, 4.69) is 12.1 Å². The maximum absolute atomic E-state index is 12.9. The van der Waals surface area contributed by atoms with Gasteiger partial charge in [0.25, 0.3) is 0 Å². The van der Waals surface area contributed by atoms with Crippen molar-refractivity contribution in [2.24, 2.45) is 0 Å². The van der Waals surface area contributed by atoms with E-state index < -0.39 is 20.4 Å². The summed E-state index contributed by atoms with van der Waals surface area (Å²) < 4.78 is 15.4. The molecule has 2 rings (SSSR count). The summed E-state index contributed by atoms with van der Waals surface area (Å²) in [5.74, 6) is -0.133. The molecule has 0 unspecified atom stereocenters. The molecule has 0 saturated carbocycles. The van der Waals surface area contributed by atoms with Gasteiger partial charge in [0, 0.05) is 0 Å². The van der Waals surface area contributed by atoms with Crippen LogP contribution in [0.4, 0.5) is 4.39 Å². The van der Waals surface area contributed by atoms with Crippen molar-refractivity contribution in [2.75, 3.05) is 0 Å². The van der Waals surface area contributed by atoms with E-state index in [9.17, 15) is 4.39 Å². The molecule has 0 heterocycles. The van der Waals surface area contributed by atoms with Crippen LogP contribution in [-0.2, 0) is 0 Å². The maximum atomic E-state index is 12.9. The van der Waals surface area contributed by atoms with E-state index in [1.165, 1.54) is 9.76 Å². The average Bonchev–Trinajstić information content (AvgIpc) is 2.19. The van der Waals surface area contributed by atoms with Gasteiger partial charge in [-0.3, -0.25) is 0 Å². The molecule has 74 valence electrons. The fourth-order valence-electron chi connectivity index (χ4n) is 1.48. The lowest BCUT2D eigenvalue weighted by atomic mass is 10.3. The fraction of sp³-hybridized carbons (Fsp3) is 0. The Morgan fingerprint density at radius 1 is 0.800 bits per heavy atom. The van der Waals surface area contributed by atoms with Gasteiger partial charge in [0.1, 0.15) is 5.82 Å². The van der Waals surface area contributed by atoms with Crippen molar-refractivity contribution in [1.82, 2.24) is 0 Å². The van der Waals surface area contributed by atoms with Crippen molar-refractivity contribution >= 4 is 44.7 Å². The molecule has 2 aromatic rings. The van der Waals surface area contributed by atoms with Crippen LogP contribution in [0.2, 0.25) is 0 Å². The first-order valence-electron chi connectivity index (χ1n) is 4.63. The lowest BCUT2D eigenvalue weighted by Gasteiger charge is -1.99. The molecule has 0 spiro atoms. The molecule has 0 atom stereocenters. The highest BCUT2D eigenvalue weighted by atomic mass is 79.9. The largest absolute Gasteiger partial charge is 0.450 e. The first-order valence-corrected chi connectivity index (χ1v) is 6.04. The minimum Gasteiger partial charge on any atom is -0.207 e. The Hall–Kier alpha value is -0.384. The van der Waals surface area contributed by atoms with Crippen LogP contribution in [0.15, 0.2) is 54.6 Å². The highest BCUT2D eigenvalue weighted by Gasteiger charge is 2.01. The van der Waals surface area contributed by atoms with E-state index in [4.69, 9.17) is 0 Å². The van der Waals surface area contributed by atoms with Crippen molar-refractivity contribution in [3.8, 4) is 0 Å². The maximum Gasteiger partial charge on any atom is 0.450 e. The predicted octanol–water partition coefficient (Wildman–Crippen LogP) is 2.06. The molecule has 0 aliphatic heterocycles. The van der Waals surface area contributed by atoms with Crippen molar-refractivity contribution in [3.05, 3.63) is 60.4 Å². The first kappa shape index (κ1) is 12.7. The molecule has 0 aliphatic carbocycles. The minimum atomic E-state index is -0.496. The number of hydrogen-bond donors (Lipinski definition) is 0. The normalized spacial score (nSPS) is 8.87. The Labute approximate surface area is 109 Å². The summed E-state index contributed by atoms with van der Waals surface area (Å²) in [5.41, 5.74) is 0. The Balaban J connectivity index is 0.00000112. The van der Waals surface area contributed by atoms with Crippen molar-refractivity contribution in [1.29, 1.82) is 0 Å². The quantitative estimate of drug-likeness (QED) is 0.737. The summed E-state index contributed by atoms with van der Waals surface area (Å²) in [4.78, 5) is 0. The van der Waals surface area contributed by atoms with Crippen molar-refractivity contribution < 1.29 is 4.39 Å². The number of hydrogen-bond acceptors (Lipinski definition) is 0. The zero-order chi connectivity index (χ0) is 9.80.